The molecule has 1 saturated heterocycles. The van der Waals surface area contributed by atoms with Gasteiger partial charge in [0, 0.05) is 4.47 Å². The zero-order valence-electron chi connectivity index (χ0n) is 9.28. The lowest BCUT2D eigenvalue weighted by atomic mass is 10.1. The number of hydrogen-bond donors (Lipinski definition) is 1. The number of thiazole rings is 1. The molecule has 5 heteroatoms. The molecular formula is C12H13BrN2OS. The maximum absolute atomic E-state index is 5.93. The van der Waals surface area contributed by atoms with E-state index >= 15 is 0 Å². The molecule has 2 heterocycles. The van der Waals surface area contributed by atoms with Gasteiger partial charge in [-0.15, -0.1) is 0 Å². The van der Waals surface area contributed by atoms with E-state index in [0.717, 1.165) is 41.1 Å². The maximum atomic E-state index is 5.93. The fourth-order valence-corrected chi connectivity index (χ4v) is 3.42. The first kappa shape index (κ1) is 11.4. The molecule has 1 N–H and O–H groups in total. The SMILES string of the molecule is Brc1ccc2nc(OC3CCNCC3)sc2c1. The van der Waals surface area contributed by atoms with Gasteiger partial charge in [0.15, 0.2) is 0 Å². The Kier molecular flexibility index (Phi) is 3.31. The first-order chi connectivity index (χ1) is 8.31. The van der Waals surface area contributed by atoms with Gasteiger partial charge in [0.2, 0.25) is 0 Å². The lowest BCUT2D eigenvalue weighted by molar-refractivity contribution is 0.162. The fourth-order valence-electron chi connectivity index (χ4n) is 1.98. The van der Waals surface area contributed by atoms with E-state index in [9.17, 15) is 0 Å². The second-order valence-corrected chi connectivity index (χ2v) is 6.07. The van der Waals surface area contributed by atoms with Crippen LogP contribution in [0.25, 0.3) is 10.2 Å². The molecular weight excluding hydrogens is 300 g/mol. The van der Waals surface area contributed by atoms with Crippen LogP contribution < -0.4 is 10.1 Å². The highest BCUT2D eigenvalue weighted by molar-refractivity contribution is 9.10. The van der Waals surface area contributed by atoms with Crippen LogP contribution >= 0.6 is 27.3 Å². The van der Waals surface area contributed by atoms with Crippen LogP contribution in [-0.2, 0) is 0 Å². The van der Waals surface area contributed by atoms with E-state index in [-0.39, 0.29) is 0 Å². The number of nitrogens with zero attached hydrogens (tertiary/aromatic N) is 1. The number of piperidine rings is 1. The number of rotatable bonds is 2. The zero-order valence-corrected chi connectivity index (χ0v) is 11.7. The summed E-state index contributed by atoms with van der Waals surface area (Å²) >= 11 is 5.09. The third-order valence-corrected chi connectivity index (χ3v) is 4.29. The van der Waals surface area contributed by atoms with Gasteiger partial charge >= 0.3 is 0 Å². The van der Waals surface area contributed by atoms with Crippen molar-refractivity contribution in [3.8, 4) is 5.19 Å². The van der Waals surface area contributed by atoms with Crippen molar-refractivity contribution in [2.75, 3.05) is 13.1 Å². The highest BCUT2D eigenvalue weighted by Crippen LogP contribution is 2.31. The summed E-state index contributed by atoms with van der Waals surface area (Å²) in [5, 5.41) is 4.13. The highest BCUT2D eigenvalue weighted by atomic mass is 79.9. The monoisotopic (exact) mass is 312 g/mol. The third-order valence-electron chi connectivity index (χ3n) is 2.88. The topological polar surface area (TPSA) is 34.1 Å². The molecule has 0 saturated carbocycles. The van der Waals surface area contributed by atoms with Gasteiger partial charge < -0.3 is 10.1 Å². The first-order valence-electron chi connectivity index (χ1n) is 5.75. The minimum Gasteiger partial charge on any atom is -0.467 e. The number of halogens is 1. The number of benzene rings is 1. The summed E-state index contributed by atoms with van der Waals surface area (Å²) in [7, 11) is 0. The average molecular weight is 313 g/mol. The number of ether oxygens (including phenoxy) is 1. The van der Waals surface area contributed by atoms with Crippen LogP contribution in [0.1, 0.15) is 12.8 Å². The molecule has 3 nitrogen and oxygen atoms in total. The van der Waals surface area contributed by atoms with E-state index in [2.05, 4.69) is 32.3 Å². The fraction of sp³-hybridized carbons (Fsp3) is 0.417. The van der Waals surface area contributed by atoms with Crippen LogP contribution in [0.5, 0.6) is 5.19 Å². The first-order valence-corrected chi connectivity index (χ1v) is 7.36. The minimum atomic E-state index is 0.320. The molecule has 0 amide bonds. The molecule has 90 valence electrons. The van der Waals surface area contributed by atoms with Crippen molar-refractivity contribution in [1.82, 2.24) is 10.3 Å². The van der Waals surface area contributed by atoms with Gasteiger partial charge in [0.25, 0.3) is 5.19 Å². The molecule has 0 bridgehead atoms. The van der Waals surface area contributed by atoms with E-state index in [1.165, 1.54) is 4.70 Å². The Morgan fingerprint density at radius 1 is 1.35 bits per heavy atom. The molecule has 0 atom stereocenters. The van der Waals surface area contributed by atoms with Crippen molar-refractivity contribution in [2.24, 2.45) is 0 Å². The van der Waals surface area contributed by atoms with Crippen LogP contribution in [0.3, 0.4) is 0 Å². The molecule has 3 rings (SSSR count). The van der Waals surface area contributed by atoms with Crippen LogP contribution in [0.15, 0.2) is 22.7 Å². The summed E-state index contributed by atoms with van der Waals surface area (Å²) in [5.74, 6) is 0. The standard InChI is InChI=1S/C12H13BrN2OS/c13-8-1-2-10-11(7-8)17-12(15-10)16-9-3-5-14-6-4-9/h1-2,7,9,14H,3-6H2. The van der Waals surface area contributed by atoms with Crippen LogP contribution in [0.2, 0.25) is 0 Å². The molecule has 1 aliphatic heterocycles. The molecule has 17 heavy (non-hydrogen) atoms. The summed E-state index contributed by atoms with van der Waals surface area (Å²) in [6.07, 6.45) is 2.46. The second-order valence-electron chi connectivity index (χ2n) is 4.16. The Labute approximate surface area is 112 Å². The van der Waals surface area contributed by atoms with Gasteiger partial charge in [-0.3, -0.25) is 0 Å². The molecule has 0 unspecified atom stereocenters. The quantitative estimate of drug-likeness (QED) is 0.924. The number of nitrogens with one attached hydrogen (secondary N) is 1. The predicted molar refractivity (Wildman–Crippen MR) is 73.8 cm³/mol. The van der Waals surface area contributed by atoms with Gasteiger partial charge in [-0.25, -0.2) is 4.98 Å². The van der Waals surface area contributed by atoms with Gasteiger partial charge in [-0.1, -0.05) is 27.3 Å². The van der Waals surface area contributed by atoms with E-state index in [1.54, 1.807) is 11.3 Å². The smallest absolute Gasteiger partial charge is 0.274 e. The largest absolute Gasteiger partial charge is 0.467 e. The lowest BCUT2D eigenvalue weighted by Crippen LogP contribution is -2.34. The molecule has 0 aliphatic carbocycles. The van der Waals surface area contributed by atoms with Gasteiger partial charge in [-0.05, 0) is 44.1 Å². The van der Waals surface area contributed by atoms with Crippen molar-refractivity contribution in [1.29, 1.82) is 0 Å². The van der Waals surface area contributed by atoms with Crippen LogP contribution in [-0.4, -0.2) is 24.2 Å². The van der Waals surface area contributed by atoms with Gasteiger partial charge in [0.1, 0.15) is 6.10 Å². The Balaban J connectivity index is 1.80. The number of fused-ring (bicyclic) bond motifs is 1. The summed E-state index contributed by atoms with van der Waals surface area (Å²) in [5.41, 5.74) is 1.02. The molecule has 2 aromatic rings. The van der Waals surface area contributed by atoms with Crippen LogP contribution in [0.4, 0.5) is 0 Å². The van der Waals surface area contributed by atoms with E-state index < -0.39 is 0 Å². The molecule has 1 aromatic carbocycles. The highest BCUT2D eigenvalue weighted by Gasteiger charge is 2.16. The second kappa shape index (κ2) is 4.92. The van der Waals surface area contributed by atoms with Gasteiger partial charge in [0.05, 0.1) is 10.2 Å². The summed E-state index contributed by atoms with van der Waals surface area (Å²) in [6.45, 7) is 2.09. The van der Waals surface area contributed by atoms with Crippen LogP contribution in [0, 0.1) is 0 Å². The van der Waals surface area contributed by atoms with E-state index in [1.807, 2.05) is 12.1 Å². The summed E-state index contributed by atoms with van der Waals surface area (Å²) in [6, 6.07) is 6.11. The van der Waals surface area contributed by atoms with Crippen molar-refractivity contribution in [2.45, 2.75) is 18.9 Å². The minimum absolute atomic E-state index is 0.320. The Bertz CT molecular complexity index is 522. The molecule has 1 aliphatic rings. The molecule has 1 aromatic heterocycles. The summed E-state index contributed by atoms with van der Waals surface area (Å²) in [4.78, 5) is 4.50. The van der Waals surface area contributed by atoms with Gasteiger partial charge in [-0.2, -0.15) is 0 Å². The zero-order chi connectivity index (χ0) is 11.7. The van der Waals surface area contributed by atoms with Crippen molar-refractivity contribution >= 4 is 37.5 Å². The van der Waals surface area contributed by atoms with Crippen molar-refractivity contribution in [3.63, 3.8) is 0 Å². The predicted octanol–water partition coefficient (Wildman–Crippen LogP) is 3.19. The normalized spacial score (nSPS) is 17.5. The molecule has 1 fully saturated rings. The Morgan fingerprint density at radius 2 is 2.18 bits per heavy atom. The average Bonchev–Trinajstić information content (AvgIpc) is 2.71. The van der Waals surface area contributed by atoms with Crippen molar-refractivity contribution in [3.05, 3.63) is 22.7 Å². The van der Waals surface area contributed by atoms with E-state index in [4.69, 9.17) is 4.74 Å². The van der Waals surface area contributed by atoms with E-state index in [0.29, 0.717) is 6.10 Å². The molecule has 0 spiro atoms. The lowest BCUT2D eigenvalue weighted by Gasteiger charge is -2.22. The Hall–Kier alpha value is -0.650. The maximum Gasteiger partial charge on any atom is 0.274 e. The Morgan fingerprint density at radius 3 is 3.00 bits per heavy atom. The number of hydrogen-bond acceptors (Lipinski definition) is 4. The van der Waals surface area contributed by atoms with Crippen molar-refractivity contribution < 1.29 is 4.74 Å². The summed E-state index contributed by atoms with van der Waals surface area (Å²) < 4.78 is 8.19. The number of aromatic nitrogens is 1. The molecule has 0 radical (unpaired) electrons. The third kappa shape index (κ3) is 2.61.